The largest absolute Gasteiger partial charge is 0.492 e. The van der Waals surface area contributed by atoms with E-state index in [1.54, 1.807) is 10.7 Å². The Hall–Kier alpha value is -5.67. The summed E-state index contributed by atoms with van der Waals surface area (Å²) in [4.78, 5) is 35.8. The number of amides is 2. The maximum atomic E-state index is 14.2. The number of benzene rings is 2. The van der Waals surface area contributed by atoms with Crippen LogP contribution in [0, 0.1) is 0 Å². The monoisotopic (exact) mass is 751 g/mol. The van der Waals surface area contributed by atoms with E-state index < -0.39 is 6.03 Å². The summed E-state index contributed by atoms with van der Waals surface area (Å²) in [5.41, 5.74) is 3.57. The minimum absolute atomic E-state index is 0.167. The average molecular weight is 752 g/mol. The van der Waals surface area contributed by atoms with E-state index in [1.165, 1.54) is 0 Å². The van der Waals surface area contributed by atoms with Crippen molar-refractivity contribution in [2.75, 3.05) is 57.0 Å². The first-order chi connectivity index (χ1) is 26.5. The third-order valence-electron chi connectivity index (χ3n) is 9.86. The van der Waals surface area contributed by atoms with Crippen LogP contribution in [0.1, 0.15) is 69.5 Å². The number of urea groups is 1. The second-order valence-electron chi connectivity index (χ2n) is 15.2. The quantitative estimate of drug-likeness (QED) is 0.125. The predicted octanol–water partition coefficient (Wildman–Crippen LogP) is 5.64. The van der Waals surface area contributed by atoms with Crippen molar-refractivity contribution in [1.82, 2.24) is 34.6 Å². The van der Waals surface area contributed by atoms with Crippen molar-refractivity contribution in [3.8, 4) is 17.2 Å². The smallest absolute Gasteiger partial charge is 0.357 e. The van der Waals surface area contributed by atoms with Gasteiger partial charge in [0.1, 0.15) is 24.2 Å². The molecule has 0 spiro atoms. The molecule has 2 amide bonds. The molecule has 15 heteroatoms. The van der Waals surface area contributed by atoms with Crippen molar-refractivity contribution in [2.24, 2.45) is 0 Å². The molecule has 7 rings (SSSR count). The molecule has 1 aliphatic heterocycles. The molecule has 2 aliphatic rings. The maximum absolute atomic E-state index is 14.2. The van der Waals surface area contributed by atoms with Crippen LogP contribution in [0.15, 0.2) is 72.9 Å². The Labute approximate surface area is 320 Å². The number of carbonyl (C=O) groups excluding carboxylic acids is 2. The molecule has 3 aromatic heterocycles. The number of fused-ring (bicyclic) bond motifs is 2. The number of likely N-dealkylation sites (N-methyl/N-ethyl adjacent to an activating group) is 1. The van der Waals surface area contributed by atoms with Gasteiger partial charge < -0.3 is 34.2 Å². The molecule has 3 atom stereocenters. The van der Waals surface area contributed by atoms with E-state index >= 15 is 0 Å². The van der Waals surface area contributed by atoms with E-state index in [0.29, 0.717) is 55.5 Å². The standard InChI is InChI=1S/C40H49N9O6/c1-27-25-52-20-19-46(27)38-43-42-36-17-14-30(24-47(36)38)55-34-16-15-33(31-12-7-8-13-32(31)34)41-39(51)49(54-26-50)37-23-35(40(2,3)4)44-48(37)28-10-9-11-29(22-28)53-21-18-45(5)6/h7-14,17,22-24,26-27,33-34H,15-16,18-21,25H2,1-6H3,(H,41,51)/t27-,33-,34+/m0/s1. The Bertz CT molecular complexity index is 2130. The van der Waals surface area contributed by atoms with Gasteiger partial charge in [0.15, 0.2) is 11.5 Å². The predicted molar refractivity (Wildman–Crippen MR) is 207 cm³/mol. The average Bonchev–Trinajstić information content (AvgIpc) is 3.80. The summed E-state index contributed by atoms with van der Waals surface area (Å²) >= 11 is 0. The lowest BCUT2D eigenvalue weighted by Gasteiger charge is -2.33. The molecule has 5 aromatic rings. The summed E-state index contributed by atoms with van der Waals surface area (Å²) in [5, 5.41) is 17.8. The lowest BCUT2D eigenvalue weighted by atomic mass is 9.85. The molecule has 55 heavy (non-hydrogen) atoms. The van der Waals surface area contributed by atoms with E-state index in [2.05, 4.69) is 27.3 Å². The van der Waals surface area contributed by atoms with Crippen molar-refractivity contribution < 1.29 is 28.6 Å². The highest BCUT2D eigenvalue weighted by atomic mass is 16.7. The van der Waals surface area contributed by atoms with Crippen LogP contribution in [0.5, 0.6) is 11.5 Å². The van der Waals surface area contributed by atoms with E-state index in [4.69, 9.17) is 24.1 Å². The summed E-state index contributed by atoms with van der Waals surface area (Å²) in [6, 6.07) is 20.1. The molecule has 15 nitrogen and oxygen atoms in total. The first kappa shape index (κ1) is 37.6. The number of pyridine rings is 1. The van der Waals surface area contributed by atoms with Crippen molar-refractivity contribution in [2.45, 2.75) is 64.1 Å². The molecule has 0 saturated carbocycles. The van der Waals surface area contributed by atoms with Gasteiger partial charge in [-0.3, -0.25) is 9.20 Å². The molecular weight excluding hydrogens is 702 g/mol. The van der Waals surface area contributed by atoms with Gasteiger partial charge in [0.05, 0.1) is 42.9 Å². The highest BCUT2D eigenvalue weighted by Crippen LogP contribution is 2.39. The number of anilines is 2. The van der Waals surface area contributed by atoms with E-state index in [-0.39, 0.29) is 35.9 Å². The molecule has 1 aliphatic carbocycles. The highest BCUT2D eigenvalue weighted by molar-refractivity contribution is 5.90. The number of hydroxylamine groups is 1. The second-order valence-corrected chi connectivity index (χ2v) is 15.2. The Kier molecular flexibility index (Phi) is 10.9. The van der Waals surface area contributed by atoms with Crippen LogP contribution in [0.25, 0.3) is 11.3 Å². The number of nitrogens with zero attached hydrogens (tertiary/aromatic N) is 8. The second kappa shape index (κ2) is 16.0. The molecule has 1 saturated heterocycles. The number of rotatable bonds is 12. The van der Waals surface area contributed by atoms with Gasteiger partial charge in [-0.1, -0.05) is 51.1 Å². The lowest BCUT2D eigenvalue weighted by Crippen LogP contribution is -2.44. The molecule has 290 valence electrons. The Morgan fingerprint density at radius 1 is 1.02 bits per heavy atom. The number of hydrogen-bond acceptors (Lipinski definition) is 11. The summed E-state index contributed by atoms with van der Waals surface area (Å²) in [7, 11) is 3.97. The van der Waals surface area contributed by atoms with Gasteiger partial charge in [-0.05, 0) is 69.3 Å². The van der Waals surface area contributed by atoms with Crippen molar-refractivity contribution in [3.63, 3.8) is 0 Å². The fraction of sp³-hybridized carbons (Fsp3) is 0.425. The van der Waals surface area contributed by atoms with Gasteiger partial charge >= 0.3 is 12.5 Å². The van der Waals surface area contributed by atoms with E-state index in [0.717, 1.165) is 40.9 Å². The lowest BCUT2D eigenvalue weighted by molar-refractivity contribution is -0.129. The van der Waals surface area contributed by atoms with Gasteiger partial charge in [-0.2, -0.15) is 5.10 Å². The summed E-state index contributed by atoms with van der Waals surface area (Å²) in [5.74, 6) is 2.34. The first-order valence-electron chi connectivity index (χ1n) is 18.6. The Morgan fingerprint density at radius 3 is 2.60 bits per heavy atom. The number of aromatic nitrogens is 5. The zero-order chi connectivity index (χ0) is 38.7. The minimum atomic E-state index is -0.616. The highest BCUT2D eigenvalue weighted by Gasteiger charge is 2.34. The fourth-order valence-electron chi connectivity index (χ4n) is 6.92. The van der Waals surface area contributed by atoms with Gasteiger partial charge in [-0.25, -0.2) is 9.48 Å². The van der Waals surface area contributed by atoms with Gasteiger partial charge in [-0.15, -0.1) is 15.3 Å². The van der Waals surface area contributed by atoms with Gasteiger partial charge in [0.2, 0.25) is 5.95 Å². The third kappa shape index (κ3) is 8.22. The number of hydrogen-bond donors (Lipinski definition) is 1. The number of ether oxygens (including phenoxy) is 3. The van der Waals surface area contributed by atoms with Crippen LogP contribution >= 0.6 is 0 Å². The van der Waals surface area contributed by atoms with Crippen molar-refractivity contribution in [1.29, 1.82) is 0 Å². The van der Waals surface area contributed by atoms with E-state index in [9.17, 15) is 9.59 Å². The Balaban J connectivity index is 1.13. The van der Waals surface area contributed by atoms with Crippen LogP contribution in [-0.2, 0) is 19.8 Å². The first-order valence-corrected chi connectivity index (χ1v) is 18.6. The maximum Gasteiger partial charge on any atom is 0.357 e. The molecule has 1 N–H and O–H groups in total. The number of nitrogens with one attached hydrogen (secondary N) is 1. The van der Waals surface area contributed by atoms with Crippen LogP contribution in [0.4, 0.5) is 16.6 Å². The molecule has 1 fully saturated rings. The van der Waals surface area contributed by atoms with Crippen LogP contribution in [0.2, 0.25) is 0 Å². The summed E-state index contributed by atoms with van der Waals surface area (Å²) in [6.07, 6.45) is 2.86. The van der Waals surface area contributed by atoms with Crippen molar-refractivity contribution in [3.05, 3.63) is 89.7 Å². The zero-order valence-corrected chi connectivity index (χ0v) is 32.2. The van der Waals surface area contributed by atoms with E-state index in [1.807, 2.05) is 111 Å². The van der Waals surface area contributed by atoms with Crippen LogP contribution in [0.3, 0.4) is 0 Å². The number of morpholine rings is 1. The van der Waals surface area contributed by atoms with Crippen molar-refractivity contribution >= 4 is 29.9 Å². The Morgan fingerprint density at radius 2 is 1.84 bits per heavy atom. The number of carbonyl (C=O) groups is 2. The molecule has 2 aromatic carbocycles. The van der Waals surface area contributed by atoms with Crippen LogP contribution in [-0.4, -0.2) is 94.8 Å². The molecular formula is C40H49N9O6. The topological polar surface area (TPSA) is 141 Å². The molecule has 0 radical (unpaired) electrons. The minimum Gasteiger partial charge on any atom is -0.492 e. The molecule has 0 bridgehead atoms. The summed E-state index contributed by atoms with van der Waals surface area (Å²) in [6.45, 7) is 11.7. The third-order valence-corrected chi connectivity index (χ3v) is 9.86. The summed E-state index contributed by atoms with van der Waals surface area (Å²) < 4.78 is 21.8. The van der Waals surface area contributed by atoms with Gasteiger partial charge in [0, 0.05) is 30.6 Å². The zero-order valence-electron chi connectivity index (χ0n) is 32.2. The molecule has 4 heterocycles. The SMILES string of the molecule is C[C@H]1COCCN1c1nnc2ccc(O[C@@H]3CC[C@H](NC(=O)N(OC=O)c4cc(C(C)(C)C)nn4-c4cccc(OCCN(C)C)c4)c4ccccc43)cn12. The van der Waals surface area contributed by atoms with Gasteiger partial charge in [0.25, 0.3) is 0 Å². The normalized spacial score (nSPS) is 18.5. The fourth-order valence-corrected chi connectivity index (χ4v) is 6.92. The molecule has 0 unspecified atom stereocenters. The van der Waals surface area contributed by atoms with Crippen LogP contribution < -0.4 is 24.8 Å².